The number of nitrogens with zero attached hydrogens (tertiary/aromatic N) is 2. The molecule has 0 aromatic carbocycles. The molecule has 0 aliphatic rings. The molecule has 0 bridgehead atoms. The lowest BCUT2D eigenvalue weighted by Gasteiger charge is -2.23. The molecule has 0 saturated carbocycles. The molecule has 0 amide bonds. The minimum Gasteiger partial charge on any atom is -0.357 e. The fourth-order valence-corrected chi connectivity index (χ4v) is 2.19. The van der Waals surface area contributed by atoms with Crippen LogP contribution in [0, 0.1) is 0 Å². The molecule has 4 heteroatoms. The van der Waals surface area contributed by atoms with E-state index in [-0.39, 0.29) is 0 Å². The van der Waals surface area contributed by atoms with Crippen LogP contribution >= 0.6 is 15.9 Å². The fourth-order valence-electron chi connectivity index (χ4n) is 1.81. The number of hydrogen-bond acceptors (Lipinski definition) is 3. The number of halogens is 1. The topological polar surface area (TPSA) is 28.2 Å². The van der Waals surface area contributed by atoms with Gasteiger partial charge in [-0.2, -0.15) is 0 Å². The third-order valence-corrected chi connectivity index (χ3v) is 3.15. The predicted octanol–water partition coefficient (Wildman–Crippen LogP) is 3.19. The zero-order valence-corrected chi connectivity index (χ0v) is 12.5. The summed E-state index contributed by atoms with van der Waals surface area (Å²) >= 11 is 3.49. The molecule has 0 radical (unpaired) electrons. The minimum atomic E-state index is 0.881. The van der Waals surface area contributed by atoms with Crippen molar-refractivity contribution in [1.29, 1.82) is 0 Å². The SMILES string of the molecule is CCCNCc1cc(Br)cnc1N(CC)CC. The summed E-state index contributed by atoms with van der Waals surface area (Å²) in [6, 6.07) is 2.16. The molecule has 0 spiro atoms. The maximum atomic E-state index is 4.54. The first kappa shape index (κ1) is 14.5. The lowest BCUT2D eigenvalue weighted by molar-refractivity contribution is 0.670. The molecule has 0 atom stereocenters. The van der Waals surface area contributed by atoms with E-state index < -0.39 is 0 Å². The molecule has 3 nitrogen and oxygen atoms in total. The number of anilines is 1. The van der Waals surface area contributed by atoms with E-state index in [0.717, 1.165) is 42.9 Å². The second-order valence-corrected chi connectivity index (χ2v) is 4.90. The smallest absolute Gasteiger partial charge is 0.133 e. The summed E-state index contributed by atoms with van der Waals surface area (Å²) in [5, 5.41) is 3.43. The Labute approximate surface area is 113 Å². The Hall–Kier alpha value is -0.610. The first-order valence-electron chi connectivity index (χ1n) is 6.32. The fraction of sp³-hybridized carbons (Fsp3) is 0.615. The molecule has 1 aromatic rings. The van der Waals surface area contributed by atoms with Crippen molar-refractivity contribution in [3.05, 3.63) is 22.3 Å². The van der Waals surface area contributed by atoms with Crippen LogP contribution in [0.1, 0.15) is 32.8 Å². The monoisotopic (exact) mass is 299 g/mol. The Balaban J connectivity index is 2.86. The van der Waals surface area contributed by atoms with Gasteiger partial charge in [0.15, 0.2) is 0 Å². The molecular weight excluding hydrogens is 278 g/mol. The van der Waals surface area contributed by atoms with Gasteiger partial charge in [0.05, 0.1) is 0 Å². The second-order valence-electron chi connectivity index (χ2n) is 3.99. The maximum Gasteiger partial charge on any atom is 0.133 e. The van der Waals surface area contributed by atoms with Crippen molar-refractivity contribution in [3.63, 3.8) is 0 Å². The van der Waals surface area contributed by atoms with Crippen LogP contribution in [0.2, 0.25) is 0 Å². The quantitative estimate of drug-likeness (QED) is 0.784. The molecule has 96 valence electrons. The van der Waals surface area contributed by atoms with Crippen LogP contribution in [0.5, 0.6) is 0 Å². The molecule has 1 N–H and O–H groups in total. The molecule has 0 unspecified atom stereocenters. The summed E-state index contributed by atoms with van der Waals surface area (Å²) in [5.41, 5.74) is 1.26. The third-order valence-electron chi connectivity index (χ3n) is 2.71. The van der Waals surface area contributed by atoms with Gasteiger partial charge in [-0.15, -0.1) is 0 Å². The van der Waals surface area contributed by atoms with Crippen LogP contribution < -0.4 is 10.2 Å². The van der Waals surface area contributed by atoms with Gasteiger partial charge in [0.25, 0.3) is 0 Å². The van der Waals surface area contributed by atoms with E-state index in [0.29, 0.717) is 0 Å². The number of aromatic nitrogens is 1. The highest BCUT2D eigenvalue weighted by Crippen LogP contribution is 2.21. The molecule has 1 aromatic heterocycles. The van der Waals surface area contributed by atoms with E-state index in [1.807, 2.05) is 6.20 Å². The highest BCUT2D eigenvalue weighted by molar-refractivity contribution is 9.10. The maximum absolute atomic E-state index is 4.54. The van der Waals surface area contributed by atoms with Crippen LogP contribution in [0.3, 0.4) is 0 Å². The third kappa shape index (κ3) is 4.28. The van der Waals surface area contributed by atoms with E-state index in [9.17, 15) is 0 Å². The number of hydrogen-bond donors (Lipinski definition) is 1. The molecule has 0 fully saturated rings. The molecule has 0 aliphatic heterocycles. The number of pyridine rings is 1. The van der Waals surface area contributed by atoms with Crippen LogP contribution in [0.15, 0.2) is 16.7 Å². The summed E-state index contributed by atoms with van der Waals surface area (Å²) in [5.74, 6) is 1.10. The lowest BCUT2D eigenvalue weighted by atomic mass is 10.2. The Bertz CT molecular complexity index is 337. The average Bonchev–Trinajstić information content (AvgIpc) is 2.33. The summed E-state index contributed by atoms with van der Waals surface area (Å²) in [4.78, 5) is 6.83. The van der Waals surface area contributed by atoms with Crippen molar-refractivity contribution in [2.45, 2.75) is 33.7 Å². The minimum absolute atomic E-state index is 0.881. The first-order valence-corrected chi connectivity index (χ1v) is 7.12. The van der Waals surface area contributed by atoms with Gasteiger partial charge < -0.3 is 10.2 Å². The molecule has 0 aliphatic carbocycles. The van der Waals surface area contributed by atoms with Crippen molar-refractivity contribution in [2.24, 2.45) is 0 Å². The first-order chi connectivity index (χ1) is 8.22. The van der Waals surface area contributed by atoms with Gasteiger partial charge in [-0.3, -0.25) is 0 Å². The van der Waals surface area contributed by atoms with Crippen molar-refractivity contribution < 1.29 is 0 Å². The van der Waals surface area contributed by atoms with Crippen molar-refractivity contribution in [3.8, 4) is 0 Å². The van der Waals surface area contributed by atoms with E-state index in [1.165, 1.54) is 5.56 Å². The van der Waals surface area contributed by atoms with Gasteiger partial charge in [0.2, 0.25) is 0 Å². The van der Waals surface area contributed by atoms with Crippen molar-refractivity contribution >= 4 is 21.7 Å². The van der Waals surface area contributed by atoms with Crippen LogP contribution in [-0.4, -0.2) is 24.6 Å². The highest BCUT2D eigenvalue weighted by atomic mass is 79.9. The van der Waals surface area contributed by atoms with Crippen LogP contribution in [0.4, 0.5) is 5.82 Å². The van der Waals surface area contributed by atoms with E-state index in [1.54, 1.807) is 0 Å². The van der Waals surface area contributed by atoms with Crippen LogP contribution in [-0.2, 0) is 6.54 Å². The van der Waals surface area contributed by atoms with Gasteiger partial charge in [-0.25, -0.2) is 4.98 Å². The van der Waals surface area contributed by atoms with Gasteiger partial charge >= 0.3 is 0 Å². The zero-order chi connectivity index (χ0) is 12.7. The Kier molecular flexibility index (Phi) is 6.52. The van der Waals surface area contributed by atoms with Gasteiger partial charge in [0.1, 0.15) is 5.82 Å². The largest absolute Gasteiger partial charge is 0.357 e. The molecule has 1 rings (SSSR count). The standard InChI is InChI=1S/C13H22BrN3/c1-4-7-15-9-11-8-12(14)10-16-13(11)17(5-2)6-3/h8,10,15H,4-7,9H2,1-3H3. The number of nitrogens with one attached hydrogen (secondary N) is 1. The summed E-state index contributed by atoms with van der Waals surface area (Å²) in [6.07, 6.45) is 3.03. The highest BCUT2D eigenvalue weighted by Gasteiger charge is 2.10. The van der Waals surface area contributed by atoms with Crippen LogP contribution in [0.25, 0.3) is 0 Å². The number of rotatable bonds is 7. The molecule has 0 saturated heterocycles. The van der Waals surface area contributed by atoms with E-state index >= 15 is 0 Å². The lowest BCUT2D eigenvalue weighted by Crippen LogP contribution is -2.26. The average molecular weight is 300 g/mol. The Morgan fingerprint density at radius 3 is 2.59 bits per heavy atom. The van der Waals surface area contributed by atoms with Gasteiger partial charge in [0, 0.05) is 35.9 Å². The Morgan fingerprint density at radius 1 is 1.29 bits per heavy atom. The van der Waals surface area contributed by atoms with Gasteiger partial charge in [-0.1, -0.05) is 6.92 Å². The predicted molar refractivity (Wildman–Crippen MR) is 77.5 cm³/mol. The molecule has 1 heterocycles. The normalized spacial score (nSPS) is 10.6. The summed E-state index contributed by atoms with van der Waals surface area (Å²) < 4.78 is 1.04. The second kappa shape index (κ2) is 7.67. The van der Waals surface area contributed by atoms with E-state index in [2.05, 4.69) is 58.0 Å². The molecular formula is C13H22BrN3. The van der Waals surface area contributed by atoms with Gasteiger partial charge in [-0.05, 0) is 48.8 Å². The summed E-state index contributed by atoms with van der Waals surface area (Å²) in [7, 11) is 0. The Morgan fingerprint density at radius 2 is 2.00 bits per heavy atom. The van der Waals surface area contributed by atoms with E-state index in [4.69, 9.17) is 0 Å². The zero-order valence-electron chi connectivity index (χ0n) is 11.0. The summed E-state index contributed by atoms with van der Waals surface area (Å²) in [6.45, 7) is 10.4. The van der Waals surface area contributed by atoms with Crippen molar-refractivity contribution in [1.82, 2.24) is 10.3 Å². The molecule has 17 heavy (non-hydrogen) atoms. The van der Waals surface area contributed by atoms with Crippen molar-refractivity contribution in [2.75, 3.05) is 24.5 Å².